The van der Waals surface area contributed by atoms with Crippen LogP contribution in [0.4, 0.5) is 5.69 Å². The van der Waals surface area contributed by atoms with Crippen molar-refractivity contribution < 1.29 is 9.53 Å². The molecule has 1 aliphatic heterocycles. The molecule has 0 bridgehead atoms. The van der Waals surface area contributed by atoms with E-state index in [0.717, 1.165) is 35.1 Å². The number of para-hydroxylation sites is 1. The van der Waals surface area contributed by atoms with Crippen molar-refractivity contribution in [2.75, 3.05) is 43.5 Å². The highest BCUT2D eigenvalue weighted by Gasteiger charge is 2.17. The summed E-state index contributed by atoms with van der Waals surface area (Å²) >= 11 is 1.64. The largest absolute Gasteiger partial charge is 0.378 e. The molecule has 1 amide bonds. The summed E-state index contributed by atoms with van der Waals surface area (Å²) in [6.45, 7) is 3.66. The second-order valence-corrected chi connectivity index (χ2v) is 6.50. The van der Waals surface area contributed by atoms with E-state index in [4.69, 9.17) is 4.74 Å². The number of hydrogen-bond donors (Lipinski definition) is 1. The predicted octanol–water partition coefficient (Wildman–Crippen LogP) is 2.44. The van der Waals surface area contributed by atoms with Gasteiger partial charge in [-0.3, -0.25) is 4.79 Å². The lowest BCUT2D eigenvalue weighted by atomic mass is 10.1. The van der Waals surface area contributed by atoms with Gasteiger partial charge in [0.1, 0.15) is 0 Å². The lowest BCUT2D eigenvalue weighted by Crippen LogP contribution is -2.38. The second-order valence-electron chi connectivity index (χ2n) is 5.39. The van der Waals surface area contributed by atoms with Crippen LogP contribution < -0.4 is 10.2 Å². The van der Waals surface area contributed by atoms with E-state index in [1.807, 2.05) is 42.5 Å². The van der Waals surface area contributed by atoms with Crippen LogP contribution in [0.25, 0.3) is 0 Å². The molecular formula is C18H21N3O2S. The highest BCUT2D eigenvalue weighted by atomic mass is 32.2. The number of amides is 1. The summed E-state index contributed by atoms with van der Waals surface area (Å²) in [6, 6.07) is 13.6. The highest BCUT2D eigenvalue weighted by Crippen LogP contribution is 2.21. The molecule has 1 fully saturated rings. The van der Waals surface area contributed by atoms with Crippen molar-refractivity contribution in [2.24, 2.45) is 0 Å². The molecule has 0 radical (unpaired) electrons. The predicted molar refractivity (Wildman–Crippen MR) is 96.8 cm³/mol. The fraction of sp³-hybridized carbons (Fsp3) is 0.333. The van der Waals surface area contributed by atoms with Gasteiger partial charge in [-0.2, -0.15) is 0 Å². The van der Waals surface area contributed by atoms with Crippen molar-refractivity contribution in [3.63, 3.8) is 0 Å². The van der Waals surface area contributed by atoms with Gasteiger partial charge in [0.05, 0.1) is 23.8 Å². The van der Waals surface area contributed by atoms with E-state index < -0.39 is 0 Å². The van der Waals surface area contributed by atoms with Crippen LogP contribution in [0.15, 0.2) is 53.7 Å². The number of morpholine rings is 1. The number of hydrogen-bond acceptors (Lipinski definition) is 5. The van der Waals surface area contributed by atoms with Crippen molar-refractivity contribution in [3.05, 3.63) is 54.2 Å². The minimum absolute atomic E-state index is 0.0290. The topological polar surface area (TPSA) is 54.5 Å². The molecule has 0 unspecified atom stereocenters. The van der Waals surface area contributed by atoms with Gasteiger partial charge in [-0.25, -0.2) is 4.98 Å². The summed E-state index contributed by atoms with van der Waals surface area (Å²) in [6.07, 6.45) is 1.78. The van der Waals surface area contributed by atoms with Gasteiger partial charge in [0.25, 0.3) is 5.91 Å². The van der Waals surface area contributed by atoms with Crippen LogP contribution in [-0.4, -0.2) is 49.5 Å². The first kappa shape index (κ1) is 16.8. The Morgan fingerprint density at radius 2 is 1.96 bits per heavy atom. The third-order valence-electron chi connectivity index (χ3n) is 3.78. The zero-order chi connectivity index (χ0) is 16.6. The molecule has 126 valence electrons. The molecule has 1 aliphatic rings. The number of carbonyl (C=O) groups is 1. The highest BCUT2D eigenvalue weighted by molar-refractivity contribution is 7.99. The molecule has 2 heterocycles. The molecule has 0 spiro atoms. The van der Waals surface area contributed by atoms with Crippen LogP contribution in [0.3, 0.4) is 0 Å². The SMILES string of the molecule is O=C(NCCSc1ccccn1)c1ccccc1N1CCOCC1. The second kappa shape index (κ2) is 8.70. The van der Waals surface area contributed by atoms with E-state index in [1.165, 1.54) is 0 Å². The van der Waals surface area contributed by atoms with E-state index in [9.17, 15) is 4.79 Å². The quantitative estimate of drug-likeness (QED) is 0.645. The first-order chi connectivity index (χ1) is 11.8. The summed E-state index contributed by atoms with van der Waals surface area (Å²) in [5.41, 5.74) is 1.71. The number of ether oxygens (including phenoxy) is 1. The average Bonchev–Trinajstić information content (AvgIpc) is 2.66. The number of rotatable bonds is 6. The van der Waals surface area contributed by atoms with E-state index in [2.05, 4.69) is 15.2 Å². The molecule has 1 aromatic carbocycles. The van der Waals surface area contributed by atoms with Gasteiger partial charge in [-0.1, -0.05) is 18.2 Å². The maximum Gasteiger partial charge on any atom is 0.253 e. The van der Waals surface area contributed by atoms with Crippen molar-refractivity contribution in [2.45, 2.75) is 5.03 Å². The maximum absolute atomic E-state index is 12.5. The molecule has 1 aromatic heterocycles. The number of carbonyl (C=O) groups excluding carboxylic acids is 1. The lowest BCUT2D eigenvalue weighted by Gasteiger charge is -2.30. The Hall–Kier alpha value is -2.05. The Labute approximate surface area is 146 Å². The van der Waals surface area contributed by atoms with E-state index in [1.54, 1.807) is 18.0 Å². The van der Waals surface area contributed by atoms with Crippen LogP contribution >= 0.6 is 11.8 Å². The molecule has 5 nitrogen and oxygen atoms in total. The number of pyridine rings is 1. The van der Waals surface area contributed by atoms with Gasteiger partial charge in [-0.05, 0) is 24.3 Å². The summed E-state index contributed by atoms with van der Waals surface area (Å²) in [4.78, 5) is 19.0. The fourth-order valence-electron chi connectivity index (χ4n) is 2.59. The Kier molecular flexibility index (Phi) is 6.09. The van der Waals surface area contributed by atoms with E-state index in [-0.39, 0.29) is 5.91 Å². The zero-order valence-corrected chi connectivity index (χ0v) is 14.3. The number of anilines is 1. The Balaban J connectivity index is 1.55. The van der Waals surface area contributed by atoms with Crippen LogP contribution in [0.2, 0.25) is 0 Å². The van der Waals surface area contributed by atoms with Crippen LogP contribution in [-0.2, 0) is 4.74 Å². The minimum atomic E-state index is -0.0290. The molecule has 3 rings (SSSR count). The molecule has 0 aliphatic carbocycles. The molecule has 24 heavy (non-hydrogen) atoms. The number of aromatic nitrogens is 1. The van der Waals surface area contributed by atoms with Gasteiger partial charge in [0.2, 0.25) is 0 Å². The molecular weight excluding hydrogens is 322 g/mol. The average molecular weight is 343 g/mol. The molecule has 1 N–H and O–H groups in total. The Bertz CT molecular complexity index is 660. The fourth-order valence-corrected chi connectivity index (χ4v) is 3.32. The number of nitrogens with zero attached hydrogens (tertiary/aromatic N) is 2. The zero-order valence-electron chi connectivity index (χ0n) is 13.5. The summed E-state index contributed by atoms with van der Waals surface area (Å²) in [5.74, 6) is 0.765. The standard InChI is InChI=1S/C18H21N3O2S/c22-18(20-9-14-24-17-7-3-4-8-19-17)15-5-1-2-6-16(15)21-10-12-23-13-11-21/h1-8H,9-14H2,(H,20,22). The third kappa shape index (κ3) is 4.49. The van der Waals surface area contributed by atoms with Crippen LogP contribution in [0.5, 0.6) is 0 Å². The summed E-state index contributed by atoms with van der Waals surface area (Å²) < 4.78 is 5.39. The van der Waals surface area contributed by atoms with Crippen LogP contribution in [0.1, 0.15) is 10.4 Å². The number of thioether (sulfide) groups is 1. The Morgan fingerprint density at radius 3 is 2.75 bits per heavy atom. The smallest absolute Gasteiger partial charge is 0.253 e. The van der Waals surface area contributed by atoms with Crippen molar-refractivity contribution in [3.8, 4) is 0 Å². The normalized spacial score (nSPS) is 14.4. The number of nitrogens with one attached hydrogen (secondary N) is 1. The van der Waals surface area contributed by atoms with Crippen molar-refractivity contribution in [1.82, 2.24) is 10.3 Å². The van der Waals surface area contributed by atoms with E-state index in [0.29, 0.717) is 19.8 Å². The first-order valence-electron chi connectivity index (χ1n) is 8.08. The molecule has 0 saturated carbocycles. The molecule has 0 atom stereocenters. The van der Waals surface area contributed by atoms with Gasteiger partial charge in [0, 0.05) is 37.3 Å². The first-order valence-corrected chi connectivity index (χ1v) is 9.07. The maximum atomic E-state index is 12.5. The minimum Gasteiger partial charge on any atom is -0.378 e. The lowest BCUT2D eigenvalue weighted by molar-refractivity contribution is 0.0954. The Morgan fingerprint density at radius 1 is 1.17 bits per heavy atom. The molecule has 1 saturated heterocycles. The van der Waals surface area contributed by atoms with Gasteiger partial charge in [0.15, 0.2) is 0 Å². The summed E-state index contributed by atoms with van der Waals surface area (Å²) in [5, 5.41) is 3.98. The van der Waals surface area contributed by atoms with Crippen molar-refractivity contribution >= 4 is 23.4 Å². The third-order valence-corrected chi connectivity index (χ3v) is 4.72. The summed E-state index contributed by atoms with van der Waals surface area (Å²) in [7, 11) is 0. The van der Waals surface area contributed by atoms with Crippen molar-refractivity contribution in [1.29, 1.82) is 0 Å². The monoisotopic (exact) mass is 343 g/mol. The van der Waals surface area contributed by atoms with Gasteiger partial charge in [-0.15, -0.1) is 11.8 Å². The van der Waals surface area contributed by atoms with E-state index >= 15 is 0 Å². The van der Waals surface area contributed by atoms with Crippen LogP contribution in [0, 0.1) is 0 Å². The molecule has 2 aromatic rings. The number of benzene rings is 1. The van der Waals surface area contributed by atoms with Gasteiger partial charge < -0.3 is 15.0 Å². The molecule has 6 heteroatoms. The van der Waals surface area contributed by atoms with Gasteiger partial charge >= 0.3 is 0 Å².